The van der Waals surface area contributed by atoms with Crippen molar-refractivity contribution in [2.75, 3.05) is 34.9 Å². The van der Waals surface area contributed by atoms with Crippen molar-refractivity contribution in [1.82, 2.24) is 4.90 Å². The molecule has 0 atom stereocenters. The van der Waals surface area contributed by atoms with Gasteiger partial charge in [-0.15, -0.1) is 12.4 Å². The van der Waals surface area contributed by atoms with Crippen LogP contribution < -0.4 is 9.47 Å². The third-order valence-corrected chi connectivity index (χ3v) is 5.70. The minimum Gasteiger partial charge on any atom is -0.493 e. The second-order valence-corrected chi connectivity index (χ2v) is 8.50. The minimum atomic E-state index is -0.982. The van der Waals surface area contributed by atoms with E-state index >= 15 is 0 Å². The number of hydrogen-bond acceptors (Lipinski definition) is 4. The lowest BCUT2D eigenvalue weighted by Gasteiger charge is -2.13. The summed E-state index contributed by atoms with van der Waals surface area (Å²) in [5, 5.41) is 8.46. The Labute approximate surface area is 225 Å². The number of halogens is 1. The molecule has 0 aliphatic heterocycles. The Morgan fingerprint density at radius 2 is 1.43 bits per heavy atom. The normalized spacial score (nSPS) is 11.4. The summed E-state index contributed by atoms with van der Waals surface area (Å²) in [6.07, 6.45) is 10.4. The largest absolute Gasteiger partial charge is 0.493 e. The third kappa shape index (κ3) is 8.38. The molecule has 0 saturated carbocycles. The smallest absolute Gasteiger partial charge is 0.328 e. The Morgan fingerprint density at radius 1 is 0.865 bits per heavy atom. The second-order valence-electron chi connectivity index (χ2n) is 8.50. The number of hydrogen-bond donors (Lipinski definition) is 1. The zero-order chi connectivity index (χ0) is 25.9. The van der Waals surface area contributed by atoms with Gasteiger partial charge in [0.1, 0.15) is 0 Å². The molecule has 0 aromatic heterocycles. The molecule has 0 amide bonds. The molecular weight excluding hydrogens is 486 g/mol. The van der Waals surface area contributed by atoms with Crippen LogP contribution in [-0.4, -0.2) is 50.8 Å². The Kier molecular flexibility index (Phi) is 11.7. The molecule has 1 aliphatic rings. The van der Waals surface area contributed by atoms with Gasteiger partial charge < -0.3 is 19.5 Å². The first kappa shape index (κ1) is 29.4. The zero-order valence-electron chi connectivity index (χ0n) is 21.7. The van der Waals surface area contributed by atoms with Gasteiger partial charge in [-0.3, -0.25) is 0 Å². The molecular formula is C31H34ClNO4. The Balaban J connectivity index is 0.000000268. The quantitative estimate of drug-likeness (QED) is 0.273. The van der Waals surface area contributed by atoms with E-state index < -0.39 is 5.97 Å². The summed E-state index contributed by atoms with van der Waals surface area (Å²) in [5.74, 6) is 0.208. The van der Waals surface area contributed by atoms with Crippen LogP contribution in [0.15, 0.2) is 78.9 Å². The van der Waals surface area contributed by atoms with Crippen molar-refractivity contribution in [3.8, 4) is 11.5 Å². The molecule has 194 valence electrons. The maximum Gasteiger partial charge on any atom is 0.328 e. The van der Waals surface area contributed by atoms with Crippen molar-refractivity contribution in [1.29, 1.82) is 0 Å². The van der Waals surface area contributed by atoms with Crippen LogP contribution in [0, 0.1) is 0 Å². The molecule has 0 radical (unpaired) electrons. The lowest BCUT2D eigenvalue weighted by molar-refractivity contribution is -0.131. The maximum absolute atomic E-state index is 10.3. The summed E-state index contributed by atoms with van der Waals surface area (Å²) >= 11 is 0. The van der Waals surface area contributed by atoms with Crippen LogP contribution in [0.2, 0.25) is 0 Å². The second kappa shape index (κ2) is 14.7. The van der Waals surface area contributed by atoms with Gasteiger partial charge in [0.2, 0.25) is 0 Å². The van der Waals surface area contributed by atoms with Gasteiger partial charge in [0.05, 0.1) is 14.2 Å². The predicted octanol–water partition coefficient (Wildman–Crippen LogP) is 6.78. The van der Waals surface area contributed by atoms with Crippen LogP contribution in [0.4, 0.5) is 0 Å². The lowest BCUT2D eigenvalue weighted by Crippen LogP contribution is -2.12. The van der Waals surface area contributed by atoms with E-state index in [9.17, 15) is 4.79 Å². The van der Waals surface area contributed by atoms with Crippen molar-refractivity contribution in [3.05, 3.63) is 107 Å². The summed E-state index contributed by atoms with van der Waals surface area (Å²) in [5.41, 5.74) is 7.35. The van der Waals surface area contributed by atoms with Crippen LogP contribution in [0.3, 0.4) is 0 Å². The summed E-state index contributed by atoms with van der Waals surface area (Å²) in [6.45, 7) is 1.07. The molecule has 0 fully saturated rings. The summed E-state index contributed by atoms with van der Waals surface area (Å²) in [6, 6.07) is 22.5. The van der Waals surface area contributed by atoms with Crippen molar-refractivity contribution in [3.63, 3.8) is 0 Å². The van der Waals surface area contributed by atoms with Crippen LogP contribution in [0.1, 0.15) is 34.2 Å². The fraction of sp³-hybridized carbons (Fsp3) is 0.194. The van der Waals surface area contributed by atoms with E-state index in [2.05, 4.69) is 85.8 Å². The zero-order valence-corrected chi connectivity index (χ0v) is 22.5. The van der Waals surface area contributed by atoms with Crippen molar-refractivity contribution < 1.29 is 19.4 Å². The fourth-order valence-corrected chi connectivity index (χ4v) is 3.91. The highest BCUT2D eigenvalue weighted by Crippen LogP contribution is 2.34. The molecule has 5 nitrogen and oxygen atoms in total. The Morgan fingerprint density at radius 3 is 1.95 bits per heavy atom. The summed E-state index contributed by atoms with van der Waals surface area (Å²) < 4.78 is 10.1. The number of aliphatic carboxylic acids is 1. The van der Waals surface area contributed by atoms with E-state index in [1.54, 1.807) is 25.3 Å². The fourth-order valence-electron chi connectivity index (χ4n) is 3.91. The highest BCUT2D eigenvalue weighted by atomic mass is 35.5. The highest BCUT2D eigenvalue weighted by Gasteiger charge is 2.13. The third-order valence-electron chi connectivity index (χ3n) is 5.70. The first-order valence-electron chi connectivity index (χ1n) is 11.8. The monoisotopic (exact) mass is 519 g/mol. The molecule has 0 saturated heterocycles. The molecule has 0 unspecified atom stereocenters. The first-order chi connectivity index (χ1) is 17.4. The molecule has 0 heterocycles. The molecule has 6 heteroatoms. The first-order valence-corrected chi connectivity index (χ1v) is 11.8. The Hall–Kier alpha value is -3.80. The number of methoxy groups -OCH3 is 2. The molecule has 0 bridgehead atoms. The number of rotatable bonds is 7. The number of carboxylic acids is 1. The van der Waals surface area contributed by atoms with Crippen molar-refractivity contribution >= 4 is 42.2 Å². The van der Waals surface area contributed by atoms with Gasteiger partial charge in [0.25, 0.3) is 0 Å². The molecule has 0 spiro atoms. The van der Waals surface area contributed by atoms with Gasteiger partial charge in [-0.2, -0.15) is 0 Å². The van der Waals surface area contributed by atoms with E-state index in [0.29, 0.717) is 11.5 Å². The molecule has 1 N–H and O–H groups in total. The number of carboxylic acid groups (broad SMARTS) is 1. The van der Waals surface area contributed by atoms with E-state index in [0.717, 1.165) is 24.6 Å². The van der Waals surface area contributed by atoms with E-state index in [4.69, 9.17) is 14.6 Å². The minimum absolute atomic E-state index is 0. The van der Waals surface area contributed by atoms with E-state index in [1.165, 1.54) is 41.0 Å². The molecule has 1 aliphatic carbocycles. The lowest BCUT2D eigenvalue weighted by atomic mass is 9.93. The topological polar surface area (TPSA) is 59.0 Å². The van der Waals surface area contributed by atoms with E-state index in [1.807, 2.05) is 0 Å². The van der Waals surface area contributed by atoms with E-state index in [-0.39, 0.29) is 12.4 Å². The van der Waals surface area contributed by atoms with Crippen molar-refractivity contribution in [2.45, 2.75) is 6.42 Å². The van der Waals surface area contributed by atoms with Gasteiger partial charge in [0.15, 0.2) is 11.5 Å². The molecule has 4 rings (SSSR count). The summed E-state index contributed by atoms with van der Waals surface area (Å²) in [4.78, 5) is 12.5. The SMILES string of the molecule is CN(C)CCC=C1c2ccccc2C=Cc2ccccc21.COc1ccc(C=CC(=O)O)cc1OC.Cl. The number of nitrogens with zero attached hydrogens (tertiary/aromatic N) is 1. The number of ether oxygens (including phenoxy) is 2. The maximum atomic E-state index is 10.3. The van der Waals surface area contributed by atoms with Crippen LogP contribution in [0.25, 0.3) is 23.8 Å². The number of fused-ring (bicyclic) bond motifs is 2. The molecule has 37 heavy (non-hydrogen) atoms. The highest BCUT2D eigenvalue weighted by molar-refractivity contribution is 5.93. The van der Waals surface area contributed by atoms with Gasteiger partial charge in [0, 0.05) is 12.6 Å². The molecule has 3 aromatic carbocycles. The standard InChI is InChI=1S/C20H21N.C11H12O4.ClH/c1-21(2)15-7-12-20-18-10-5-3-8-16(18)13-14-17-9-4-6-11-19(17)20;1-14-9-5-3-8(4-6-11(12)13)7-10(9)15-2;/h3-6,8-14H,7,15H2,1-2H3;3-7H,1-2H3,(H,12,13);1H. The van der Waals surface area contributed by atoms with Crippen molar-refractivity contribution in [2.24, 2.45) is 0 Å². The average Bonchev–Trinajstić information content (AvgIpc) is 3.04. The van der Waals surface area contributed by atoms with Gasteiger partial charge >= 0.3 is 5.97 Å². The van der Waals surface area contributed by atoms with Crippen LogP contribution >= 0.6 is 12.4 Å². The predicted molar refractivity (Wildman–Crippen MR) is 156 cm³/mol. The summed E-state index contributed by atoms with van der Waals surface area (Å²) in [7, 11) is 7.32. The van der Waals surface area contributed by atoms with Gasteiger partial charge in [-0.05, 0) is 72.1 Å². The van der Waals surface area contributed by atoms with Gasteiger partial charge in [-0.25, -0.2) is 4.79 Å². The number of benzene rings is 3. The van der Waals surface area contributed by atoms with Crippen LogP contribution in [0.5, 0.6) is 11.5 Å². The van der Waals surface area contributed by atoms with Crippen LogP contribution in [-0.2, 0) is 4.79 Å². The Bertz CT molecular complexity index is 1230. The molecule has 3 aromatic rings. The van der Waals surface area contributed by atoms with Gasteiger partial charge in [-0.1, -0.05) is 72.8 Å². The number of carbonyl (C=O) groups is 1. The average molecular weight is 520 g/mol.